The van der Waals surface area contributed by atoms with Gasteiger partial charge in [-0.1, -0.05) is 49.9 Å². The van der Waals surface area contributed by atoms with E-state index in [0.29, 0.717) is 24.0 Å². The number of amides is 2. The summed E-state index contributed by atoms with van der Waals surface area (Å²) in [5.41, 5.74) is 2.81. The van der Waals surface area contributed by atoms with Crippen LogP contribution in [0.15, 0.2) is 48.5 Å². The van der Waals surface area contributed by atoms with Gasteiger partial charge in [0.2, 0.25) is 5.91 Å². The van der Waals surface area contributed by atoms with E-state index in [1.165, 1.54) is 31.2 Å². The van der Waals surface area contributed by atoms with Crippen LogP contribution in [0.25, 0.3) is 0 Å². The van der Waals surface area contributed by atoms with Gasteiger partial charge in [-0.3, -0.25) is 14.5 Å². The minimum Gasteiger partial charge on any atom is -0.336 e. The van der Waals surface area contributed by atoms with Crippen molar-refractivity contribution in [2.45, 2.75) is 57.9 Å². The summed E-state index contributed by atoms with van der Waals surface area (Å²) in [7, 11) is 0. The summed E-state index contributed by atoms with van der Waals surface area (Å²) in [6.07, 6.45) is 7.94. The van der Waals surface area contributed by atoms with E-state index in [2.05, 4.69) is 29.3 Å². The van der Waals surface area contributed by atoms with Crippen molar-refractivity contribution in [3.8, 4) is 0 Å². The summed E-state index contributed by atoms with van der Waals surface area (Å²) in [6, 6.07) is 15.2. The molecule has 0 spiro atoms. The quantitative estimate of drug-likeness (QED) is 0.531. The first-order chi connectivity index (χ1) is 16.5. The van der Waals surface area contributed by atoms with E-state index in [4.69, 9.17) is 11.6 Å². The number of hydrogen-bond acceptors (Lipinski definition) is 3. The average Bonchev–Trinajstić information content (AvgIpc) is 3.39. The van der Waals surface area contributed by atoms with Crippen LogP contribution in [0.3, 0.4) is 0 Å². The molecular weight excluding hydrogens is 446 g/mol. The zero-order valence-electron chi connectivity index (χ0n) is 20.1. The number of benzene rings is 2. The van der Waals surface area contributed by atoms with Gasteiger partial charge in [-0.2, -0.15) is 0 Å². The summed E-state index contributed by atoms with van der Waals surface area (Å²) >= 11 is 5.99. The lowest BCUT2D eigenvalue weighted by molar-refractivity contribution is -0.123. The molecule has 0 aromatic heterocycles. The van der Waals surface area contributed by atoms with E-state index >= 15 is 0 Å². The molecule has 2 aromatic carbocycles. The molecule has 0 unspecified atom stereocenters. The predicted molar refractivity (Wildman–Crippen MR) is 138 cm³/mol. The van der Waals surface area contributed by atoms with Crippen LogP contribution < -0.4 is 5.32 Å². The molecule has 6 heteroatoms. The van der Waals surface area contributed by atoms with Gasteiger partial charge in [-0.15, -0.1) is 0 Å². The number of unbranched alkanes of at least 4 members (excludes halogenated alkanes) is 1. The molecule has 4 rings (SSSR count). The van der Waals surface area contributed by atoms with Crippen molar-refractivity contribution in [2.24, 2.45) is 5.92 Å². The SMILES string of the molecule is CCCCc1ccc(C(=O)N2CCN([C@H](C(=O)Nc3ccc(Cl)cc3)C3CCCC3)CC2)cc1. The molecule has 34 heavy (non-hydrogen) atoms. The zero-order chi connectivity index (χ0) is 23.9. The monoisotopic (exact) mass is 481 g/mol. The Hall–Kier alpha value is -2.37. The van der Waals surface area contributed by atoms with Crippen LogP contribution in [0.5, 0.6) is 0 Å². The molecule has 1 saturated carbocycles. The van der Waals surface area contributed by atoms with Gasteiger partial charge in [-0.05, 0) is 73.6 Å². The zero-order valence-corrected chi connectivity index (χ0v) is 20.9. The van der Waals surface area contributed by atoms with Crippen LogP contribution in [0.1, 0.15) is 61.4 Å². The fourth-order valence-electron chi connectivity index (χ4n) is 5.28. The predicted octanol–water partition coefficient (Wildman–Crippen LogP) is 5.64. The molecule has 182 valence electrons. The van der Waals surface area contributed by atoms with Crippen LogP contribution in [-0.2, 0) is 11.2 Å². The Bertz CT molecular complexity index is 947. The molecule has 1 aliphatic heterocycles. The van der Waals surface area contributed by atoms with Gasteiger partial charge < -0.3 is 10.2 Å². The average molecular weight is 482 g/mol. The van der Waals surface area contributed by atoms with E-state index in [0.717, 1.165) is 43.6 Å². The van der Waals surface area contributed by atoms with Gasteiger partial charge in [-0.25, -0.2) is 0 Å². The molecular formula is C28H36ClN3O2. The van der Waals surface area contributed by atoms with Gasteiger partial charge in [0.25, 0.3) is 5.91 Å². The number of halogens is 1. The molecule has 2 amide bonds. The smallest absolute Gasteiger partial charge is 0.253 e. The number of piperazine rings is 1. The highest BCUT2D eigenvalue weighted by Gasteiger charge is 2.37. The lowest BCUT2D eigenvalue weighted by atomic mass is 9.94. The van der Waals surface area contributed by atoms with Crippen LogP contribution in [-0.4, -0.2) is 53.8 Å². The first kappa shape index (κ1) is 24.7. The highest BCUT2D eigenvalue weighted by atomic mass is 35.5. The van der Waals surface area contributed by atoms with Crippen molar-refractivity contribution in [1.82, 2.24) is 9.80 Å². The second-order valence-electron chi connectivity index (χ2n) is 9.61. The number of rotatable bonds is 8. The first-order valence-electron chi connectivity index (χ1n) is 12.7. The molecule has 1 saturated heterocycles. The van der Waals surface area contributed by atoms with Crippen molar-refractivity contribution in [3.05, 3.63) is 64.7 Å². The standard InChI is InChI=1S/C28H36ClN3O2/c1-2-3-6-21-9-11-23(12-10-21)28(34)32-19-17-31(18-20-32)26(22-7-4-5-8-22)27(33)30-25-15-13-24(29)14-16-25/h9-16,22,26H,2-8,17-20H2,1H3,(H,30,33)/t26-/m0/s1. The van der Waals surface area contributed by atoms with Gasteiger partial charge in [0.15, 0.2) is 0 Å². The third-order valence-corrected chi connectivity index (χ3v) is 7.49. The highest BCUT2D eigenvalue weighted by Crippen LogP contribution is 2.32. The van der Waals surface area contributed by atoms with Crippen molar-refractivity contribution in [3.63, 3.8) is 0 Å². The number of nitrogens with one attached hydrogen (secondary N) is 1. The largest absolute Gasteiger partial charge is 0.336 e. The lowest BCUT2D eigenvalue weighted by Crippen LogP contribution is -2.56. The molecule has 0 bridgehead atoms. The van der Waals surface area contributed by atoms with Crippen molar-refractivity contribution < 1.29 is 9.59 Å². The number of carbonyl (C=O) groups excluding carboxylic acids is 2. The van der Waals surface area contributed by atoms with E-state index < -0.39 is 0 Å². The summed E-state index contributed by atoms with van der Waals surface area (Å²) in [5, 5.41) is 3.76. The summed E-state index contributed by atoms with van der Waals surface area (Å²) in [4.78, 5) is 30.7. The molecule has 1 heterocycles. The Labute approximate surface area is 208 Å². The van der Waals surface area contributed by atoms with Crippen LogP contribution >= 0.6 is 11.6 Å². The topological polar surface area (TPSA) is 52.7 Å². The minimum atomic E-state index is -0.159. The molecule has 0 radical (unpaired) electrons. The summed E-state index contributed by atoms with van der Waals surface area (Å²) < 4.78 is 0. The van der Waals surface area contributed by atoms with Crippen LogP contribution in [0, 0.1) is 5.92 Å². The first-order valence-corrected chi connectivity index (χ1v) is 13.1. The fourth-order valence-corrected chi connectivity index (χ4v) is 5.41. The Morgan fingerprint density at radius 2 is 1.62 bits per heavy atom. The van der Waals surface area contributed by atoms with E-state index in [1.807, 2.05) is 29.2 Å². The fraction of sp³-hybridized carbons (Fsp3) is 0.500. The van der Waals surface area contributed by atoms with Gasteiger partial charge >= 0.3 is 0 Å². The Balaban J connectivity index is 1.38. The molecule has 2 aliphatic rings. The van der Waals surface area contributed by atoms with E-state index in [-0.39, 0.29) is 17.9 Å². The number of nitrogens with zero attached hydrogens (tertiary/aromatic N) is 2. The highest BCUT2D eigenvalue weighted by molar-refractivity contribution is 6.30. The van der Waals surface area contributed by atoms with E-state index in [9.17, 15) is 9.59 Å². The minimum absolute atomic E-state index is 0.0525. The van der Waals surface area contributed by atoms with Crippen molar-refractivity contribution in [1.29, 1.82) is 0 Å². The van der Waals surface area contributed by atoms with Gasteiger partial charge in [0.1, 0.15) is 0 Å². The molecule has 1 atom stereocenters. The second kappa shape index (κ2) is 11.9. The number of carbonyl (C=O) groups is 2. The maximum atomic E-state index is 13.4. The Morgan fingerprint density at radius 3 is 2.24 bits per heavy atom. The summed E-state index contributed by atoms with van der Waals surface area (Å²) in [5.74, 6) is 0.506. The molecule has 2 aromatic rings. The molecule has 2 fully saturated rings. The van der Waals surface area contributed by atoms with Crippen molar-refractivity contribution in [2.75, 3.05) is 31.5 Å². The Kier molecular flexibility index (Phi) is 8.63. The van der Waals surface area contributed by atoms with Crippen LogP contribution in [0.4, 0.5) is 5.69 Å². The van der Waals surface area contributed by atoms with Crippen molar-refractivity contribution >= 4 is 29.1 Å². The second-order valence-corrected chi connectivity index (χ2v) is 10.1. The Morgan fingerprint density at radius 1 is 0.971 bits per heavy atom. The normalized spacial score (nSPS) is 18.1. The molecule has 1 N–H and O–H groups in total. The van der Waals surface area contributed by atoms with Gasteiger partial charge in [0, 0.05) is 42.5 Å². The van der Waals surface area contributed by atoms with Gasteiger partial charge in [0.05, 0.1) is 6.04 Å². The summed E-state index contributed by atoms with van der Waals surface area (Å²) in [6.45, 7) is 4.92. The third kappa shape index (κ3) is 6.19. The number of aryl methyl sites for hydroxylation is 1. The van der Waals surface area contributed by atoms with E-state index in [1.54, 1.807) is 12.1 Å². The third-order valence-electron chi connectivity index (χ3n) is 7.24. The number of hydrogen-bond donors (Lipinski definition) is 1. The number of anilines is 1. The molecule has 1 aliphatic carbocycles. The maximum absolute atomic E-state index is 13.4. The maximum Gasteiger partial charge on any atom is 0.253 e. The van der Waals surface area contributed by atoms with Crippen LogP contribution in [0.2, 0.25) is 5.02 Å². The lowest BCUT2D eigenvalue weighted by Gasteiger charge is -2.40. The molecule has 5 nitrogen and oxygen atoms in total.